The lowest BCUT2D eigenvalue weighted by Gasteiger charge is -2.26. The van der Waals surface area contributed by atoms with E-state index in [2.05, 4.69) is 17.1 Å². The van der Waals surface area contributed by atoms with Crippen LogP contribution in [0.25, 0.3) is 0 Å². The van der Waals surface area contributed by atoms with Gasteiger partial charge in [0, 0.05) is 17.5 Å². The molecule has 1 spiro atoms. The molecule has 0 radical (unpaired) electrons. The van der Waals surface area contributed by atoms with Crippen LogP contribution in [0.1, 0.15) is 18.4 Å². The molecule has 2 fully saturated rings. The number of aliphatic imine (C=N–C) groups is 1. The summed E-state index contributed by atoms with van der Waals surface area (Å²) in [4.78, 5) is 4.30. The third kappa shape index (κ3) is 1.78. The van der Waals surface area contributed by atoms with Gasteiger partial charge in [-0.1, -0.05) is 0 Å². The van der Waals surface area contributed by atoms with Gasteiger partial charge in [-0.3, -0.25) is 0 Å². The van der Waals surface area contributed by atoms with E-state index in [1.54, 1.807) is 12.1 Å². The van der Waals surface area contributed by atoms with Crippen LogP contribution in [0.15, 0.2) is 17.1 Å². The molecule has 0 amide bonds. The third-order valence-corrected chi connectivity index (χ3v) is 5.85. The van der Waals surface area contributed by atoms with Crippen LogP contribution in [0.3, 0.4) is 0 Å². The highest BCUT2D eigenvalue weighted by molar-refractivity contribution is 6.00. The number of hydrogen-bond acceptors (Lipinski definition) is 9. The molecule has 1 aromatic carbocycles. The standard InChI is InChI=1S/C19H20N4O5/c1-10-7-27-19(28-10)18(9-21)15(17(18,8-20)16(22)23-19)11-5-13(25-3)14(26-4)6-12(11)24-2/h5-6,10,15H,7H2,1-4H3,(H2,22,23). The van der Waals surface area contributed by atoms with Crippen LogP contribution in [0.2, 0.25) is 0 Å². The summed E-state index contributed by atoms with van der Waals surface area (Å²) in [7, 11) is 4.51. The highest BCUT2D eigenvalue weighted by atomic mass is 16.8. The Morgan fingerprint density at radius 1 is 1.11 bits per heavy atom. The van der Waals surface area contributed by atoms with E-state index >= 15 is 0 Å². The first-order chi connectivity index (χ1) is 13.4. The number of fused-ring (bicyclic) bond motifs is 2. The topological polar surface area (TPSA) is 132 Å². The summed E-state index contributed by atoms with van der Waals surface area (Å²) >= 11 is 0. The molecule has 0 bridgehead atoms. The molecule has 2 aliphatic heterocycles. The van der Waals surface area contributed by atoms with E-state index in [9.17, 15) is 10.5 Å². The summed E-state index contributed by atoms with van der Waals surface area (Å²) in [6, 6.07) is 7.83. The van der Waals surface area contributed by atoms with Gasteiger partial charge in [0.2, 0.25) is 0 Å². The molecule has 4 rings (SSSR count). The molecule has 28 heavy (non-hydrogen) atoms. The first kappa shape index (κ1) is 18.4. The average molecular weight is 384 g/mol. The highest BCUT2D eigenvalue weighted by Crippen LogP contribution is 2.83. The molecule has 0 aromatic heterocycles. The van der Waals surface area contributed by atoms with E-state index in [0.717, 1.165) is 0 Å². The van der Waals surface area contributed by atoms with Gasteiger partial charge in [0.15, 0.2) is 16.9 Å². The van der Waals surface area contributed by atoms with E-state index in [0.29, 0.717) is 22.8 Å². The van der Waals surface area contributed by atoms with Crippen molar-refractivity contribution in [3.05, 3.63) is 17.7 Å². The number of nitrogens with zero attached hydrogens (tertiary/aromatic N) is 3. The zero-order valence-electron chi connectivity index (χ0n) is 16.0. The quantitative estimate of drug-likeness (QED) is 0.821. The molecule has 9 heteroatoms. The van der Waals surface area contributed by atoms with Crippen LogP contribution in [-0.4, -0.2) is 45.8 Å². The molecule has 2 heterocycles. The molecule has 5 atom stereocenters. The second-order valence-electron chi connectivity index (χ2n) is 7.04. The maximum Gasteiger partial charge on any atom is 0.293 e. The molecule has 146 valence electrons. The first-order valence-electron chi connectivity index (χ1n) is 8.71. The Morgan fingerprint density at radius 3 is 2.25 bits per heavy atom. The van der Waals surface area contributed by atoms with Crippen LogP contribution < -0.4 is 19.9 Å². The maximum atomic E-state index is 10.2. The molecule has 1 aromatic rings. The lowest BCUT2D eigenvalue weighted by atomic mass is 9.93. The van der Waals surface area contributed by atoms with Gasteiger partial charge < -0.3 is 29.4 Å². The summed E-state index contributed by atoms with van der Waals surface area (Å²) in [6.07, 6.45) is -0.287. The summed E-state index contributed by atoms with van der Waals surface area (Å²) < 4.78 is 28.0. The molecule has 5 unspecified atom stereocenters. The molecule has 3 aliphatic rings. The van der Waals surface area contributed by atoms with Crippen molar-refractivity contribution in [1.29, 1.82) is 10.5 Å². The van der Waals surface area contributed by atoms with Gasteiger partial charge in [-0.15, -0.1) is 0 Å². The number of nitriles is 2. The number of ether oxygens (including phenoxy) is 5. The Kier molecular flexibility index (Phi) is 3.76. The fourth-order valence-electron chi connectivity index (χ4n) is 4.61. The van der Waals surface area contributed by atoms with Gasteiger partial charge in [-0.25, -0.2) is 4.99 Å². The summed E-state index contributed by atoms with van der Waals surface area (Å²) in [6.45, 7) is 2.06. The Labute approximate surface area is 162 Å². The fourth-order valence-corrected chi connectivity index (χ4v) is 4.61. The molecule has 2 N–H and O–H groups in total. The van der Waals surface area contributed by atoms with Crippen LogP contribution in [-0.2, 0) is 9.47 Å². The zero-order chi connectivity index (χ0) is 20.3. The number of amidine groups is 1. The van der Waals surface area contributed by atoms with E-state index < -0.39 is 22.7 Å². The van der Waals surface area contributed by atoms with Gasteiger partial charge in [-0.2, -0.15) is 10.5 Å². The first-order valence-corrected chi connectivity index (χ1v) is 8.71. The number of rotatable bonds is 4. The van der Waals surface area contributed by atoms with Gasteiger partial charge in [0.25, 0.3) is 5.91 Å². The lowest BCUT2D eigenvalue weighted by Crippen LogP contribution is -2.39. The number of benzene rings is 1. The number of hydrogen-bond donors (Lipinski definition) is 1. The van der Waals surface area contributed by atoms with Gasteiger partial charge in [0.1, 0.15) is 17.0 Å². The van der Waals surface area contributed by atoms with Crippen molar-refractivity contribution in [3.8, 4) is 29.4 Å². The number of nitrogens with two attached hydrogens (primary N) is 1. The minimum atomic E-state index is -1.62. The van der Waals surface area contributed by atoms with Gasteiger partial charge >= 0.3 is 0 Å². The van der Waals surface area contributed by atoms with E-state index in [-0.39, 0.29) is 18.5 Å². The predicted molar refractivity (Wildman–Crippen MR) is 95.8 cm³/mol. The SMILES string of the molecule is COc1cc(OC)c(C2C3(C#N)C(N)=NC4(OCC(C)O4)C23C#N)cc1OC. The lowest BCUT2D eigenvalue weighted by molar-refractivity contribution is -0.193. The molecule has 9 nitrogen and oxygen atoms in total. The highest BCUT2D eigenvalue weighted by Gasteiger charge is 2.94. The van der Waals surface area contributed by atoms with Crippen LogP contribution in [0.4, 0.5) is 0 Å². The van der Waals surface area contributed by atoms with Crippen LogP contribution in [0, 0.1) is 33.5 Å². The van der Waals surface area contributed by atoms with Crippen molar-refractivity contribution in [2.45, 2.75) is 24.9 Å². The Hall–Kier alpha value is -3.01. The minimum Gasteiger partial charge on any atom is -0.496 e. The van der Waals surface area contributed by atoms with Gasteiger partial charge in [0.05, 0.1) is 46.2 Å². The van der Waals surface area contributed by atoms with Crippen molar-refractivity contribution in [1.82, 2.24) is 0 Å². The minimum absolute atomic E-state index is 0.0208. The van der Waals surface area contributed by atoms with Crippen molar-refractivity contribution >= 4 is 5.84 Å². The van der Waals surface area contributed by atoms with E-state index in [1.165, 1.54) is 21.3 Å². The Bertz CT molecular complexity index is 966. The fraction of sp³-hybridized carbons (Fsp3) is 0.526. The second kappa shape index (κ2) is 5.74. The van der Waals surface area contributed by atoms with Crippen molar-refractivity contribution in [2.24, 2.45) is 21.6 Å². The van der Waals surface area contributed by atoms with E-state index in [1.807, 2.05) is 6.92 Å². The molecular formula is C19H20N4O5. The average Bonchev–Trinajstić information content (AvgIpc) is 3.09. The molecule has 1 saturated carbocycles. The smallest absolute Gasteiger partial charge is 0.293 e. The predicted octanol–water partition coefficient (Wildman–Crippen LogP) is 1.29. The second-order valence-corrected chi connectivity index (χ2v) is 7.04. The zero-order valence-corrected chi connectivity index (χ0v) is 16.0. The van der Waals surface area contributed by atoms with Crippen molar-refractivity contribution < 1.29 is 23.7 Å². The molecule has 1 saturated heterocycles. The van der Waals surface area contributed by atoms with Crippen molar-refractivity contribution in [3.63, 3.8) is 0 Å². The monoisotopic (exact) mass is 384 g/mol. The Morgan fingerprint density at radius 2 is 1.75 bits per heavy atom. The van der Waals surface area contributed by atoms with Crippen molar-refractivity contribution in [2.75, 3.05) is 27.9 Å². The summed E-state index contributed by atoms with van der Waals surface area (Å²) in [5.41, 5.74) is 3.94. The van der Waals surface area contributed by atoms with Crippen LogP contribution in [0.5, 0.6) is 17.2 Å². The summed E-state index contributed by atoms with van der Waals surface area (Å²) in [5.74, 6) is -0.931. The van der Waals surface area contributed by atoms with Gasteiger partial charge in [-0.05, 0) is 13.0 Å². The number of methoxy groups -OCH3 is 3. The third-order valence-electron chi connectivity index (χ3n) is 5.85. The van der Waals surface area contributed by atoms with Crippen LogP contribution >= 0.6 is 0 Å². The normalized spacial score (nSPS) is 37.6. The molecular weight excluding hydrogens is 364 g/mol. The Balaban J connectivity index is 1.95. The van der Waals surface area contributed by atoms with E-state index in [4.69, 9.17) is 29.4 Å². The summed E-state index contributed by atoms with van der Waals surface area (Å²) in [5, 5.41) is 20.3. The molecule has 1 aliphatic carbocycles. The largest absolute Gasteiger partial charge is 0.496 e. The maximum absolute atomic E-state index is 10.2.